The van der Waals surface area contributed by atoms with Gasteiger partial charge < -0.3 is 15.3 Å². The summed E-state index contributed by atoms with van der Waals surface area (Å²) in [6, 6.07) is 18.5. The van der Waals surface area contributed by atoms with Crippen molar-refractivity contribution in [2.24, 2.45) is 0 Å². The molecule has 0 aliphatic carbocycles. The average Bonchev–Trinajstić information content (AvgIpc) is 2.81. The molecule has 0 atom stereocenters. The molecule has 9 nitrogen and oxygen atoms in total. The number of carbonyl (C=O) groups excluding carboxylic acids is 1. The molecular weight excluding hydrogens is 412 g/mol. The minimum atomic E-state index is -1.11. The Hall–Kier alpha value is -4.27. The maximum Gasteiger partial charge on any atom is 0.404 e. The van der Waals surface area contributed by atoms with Gasteiger partial charge in [-0.15, -0.1) is 0 Å². The highest BCUT2D eigenvalue weighted by Crippen LogP contribution is 2.34. The van der Waals surface area contributed by atoms with Gasteiger partial charge in [0.1, 0.15) is 0 Å². The van der Waals surface area contributed by atoms with Gasteiger partial charge in [-0.05, 0) is 31.0 Å². The maximum absolute atomic E-state index is 13.2. The first kappa shape index (κ1) is 22.4. The predicted octanol–water partition coefficient (Wildman–Crippen LogP) is 4.41. The highest BCUT2D eigenvalue weighted by atomic mass is 16.6. The number of carboxylic acid groups (broad SMARTS) is 1. The number of aromatic nitrogens is 1. The van der Waals surface area contributed by atoms with Crippen LogP contribution in [-0.2, 0) is 0 Å². The number of nitrogens with one attached hydrogen (secondary N) is 1. The van der Waals surface area contributed by atoms with E-state index in [1.165, 1.54) is 18.3 Å². The number of hydrogen-bond acceptors (Lipinski definition) is 6. The van der Waals surface area contributed by atoms with E-state index < -0.39 is 11.0 Å². The van der Waals surface area contributed by atoms with E-state index in [0.717, 1.165) is 0 Å². The average molecular weight is 434 g/mol. The molecule has 3 rings (SSSR count). The number of pyridine rings is 1. The molecule has 164 valence electrons. The smallest absolute Gasteiger partial charge is 0.404 e. The molecule has 1 heterocycles. The molecule has 0 radical (unpaired) electrons. The zero-order valence-corrected chi connectivity index (χ0v) is 17.2. The molecule has 0 aliphatic rings. The van der Waals surface area contributed by atoms with Crippen LogP contribution in [0.1, 0.15) is 28.8 Å². The maximum atomic E-state index is 13.2. The van der Waals surface area contributed by atoms with Crippen molar-refractivity contribution in [1.29, 1.82) is 0 Å². The van der Waals surface area contributed by atoms with E-state index in [2.05, 4.69) is 10.3 Å². The summed E-state index contributed by atoms with van der Waals surface area (Å²) in [6.07, 6.45) is 1.38. The summed E-state index contributed by atoms with van der Waals surface area (Å²) in [7, 11) is 0. The lowest BCUT2D eigenvalue weighted by atomic mass is 10.0. The Morgan fingerprint density at radius 3 is 2.44 bits per heavy atom. The lowest BCUT2D eigenvalue weighted by molar-refractivity contribution is -0.384. The van der Waals surface area contributed by atoms with Crippen LogP contribution >= 0.6 is 0 Å². The summed E-state index contributed by atoms with van der Waals surface area (Å²) in [4.78, 5) is 40.9. The minimum Gasteiger partial charge on any atom is -0.465 e. The van der Waals surface area contributed by atoms with Gasteiger partial charge >= 0.3 is 11.8 Å². The number of hydrogen-bond donors (Lipinski definition) is 2. The van der Waals surface area contributed by atoms with Gasteiger partial charge in [-0.2, -0.15) is 0 Å². The molecular formula is C23H22N4O5. The second-order valence-corrected chi connectivity index (χ2v) is 6.91. The molecule has 0 bridgehead atoms. The number of unbranched alkanes of at least 4 members (excludes halogenated alkanes) is 1. The van der Waals surface area contributed by atoms with Gasteiger partial charge in [0.2, 0.25) is 5.82 Å². The van der Waals surface area contributed by atoms with Crippen molar-refractivity contribution >= 4 is 29.1 Å². The first-order valence-corrected chi connectivity index (χ1v) is 10.0. The van der Waals surface area contributed by atoms with Gasteiger partial charge in [-0.1, -0.05) is 42.5 Å². The first-order chi connectivity index (χ1) is 15.5. The van der Waals surface area contributed by atoms with Gasteiger partial charge in [0.15, 0.2) is 5.78 Å². The third-order valence-corrected chi connectivity index (χ3v) is 4.78. The van der Waals surface area contributed by atoms with E-state index in [0.29, 0.717) is 36.2 Å². The number of nitro groups is 1. The van der Waals surface area contributed by atoms with E-state index in [9.17, 15) is 19.7 Å². The van der Waals surface area contributed by atoms with Gasteiger partial charge in [0.05, 0.1) is 10.6 Å². The third kappa shape index (κ3) is 5.45. The van der Waals surface area contributed by atoms with Crippen LogP contribution in [0.15, 0.2) is 72.9 Å². The van der Waals surface area contributed by atoms with Gasteiger partial charge in [-0.3, -0.25) is 14.9 Å². The van der Waals surface area contributed by atoms with Crippen molar-refractivity contribution in [3.63, 3.8) is 0 Å². The SMILES string of the molecule is O=C(O)NCCCCN(c1ccccc1C(=O)c1ccccc1)c1ncccc1[N+](=O)[O-]. The van der Waals surface area contributed by atoms with E-state index in [1.807, 2.05) is 6.07 Å². The summed E-state index contributed by atoms with van der Waals surface area (Å²) in [5.74, 6) is -0.0886. The molecule has 1 aromatic heterocycles. The molecule has 2 aromatic carbocycles. The number of nitrogens with zero attached hydrogens (tertiary/aromatic N) is 3. The Bertz CT molecular complexity index is 1100. The second-order valence-electron chi connectivity index (χ2n) is 6.91. The van der Waals surface area contributed by atoms with Gasteiger partial charge in [0.25, 0.3) is 0 Å². The number of benzene rings is 2. The molecule has 0 unspecified atom stereocenters. The van der Waals surface area contributed by atoms with Crippen molar-refractivity contribution in [1.82, 2.24) is 10.3 Å². The van der Waals surface area contributed by atoms with Crippen LogP contribution in [0.2, 0.25) is 0 Å². The van der Waals surface area contributed by atoms with Crippen molar-refractivity contribution in [2.75, 3.05) is 18.0 Å². The molecule has 0 fully saturated rings. The summed E-state index contributed by atoms with van der Waals surface area (Å²) in [5, 5.41) is 22.7. The third-order valence-electron chi connectivity index (χ3n) is 4.78. The molecule has 0 aliphatic heterocycles. The van der Waals surface area contributed by atoms with Gasteiger partial charge in [0, 0.05) is 36.5 Å². The number of ketones is 1. The van der Waals surface area contributed by atoms with E-state index in [4.69, 9.17) is 5.11 Å². The Kier molecular flexibility index (Phi) is 7.47. The number of para-hydroxylation sites is 1. The number of anilines is 2. The first-order valence-electron chi connectivity index (χ1n) is 10.0. The highest BCUT2D eigenvalue weighted by Gasteiger charge is 2.25. The van der Waals surface area contributed by atoms with Crippen LogP contribution in [0.4, 0.5) is 22.0 Å². The Balaban J connectivity index is 2.00. The highest BCUT2D eigenvalue weighted by molar-refractivity contribution is 6.12. The Morgan fingerprint density at radius 2 is 1.72 bits per heavy atom. The zero-order chi connectivity index (χ0) is 22.9. The zero-order valence-electron chi connectivity index (χ0n) is 17.2. The van der Waals surface area contributed by atoms with Gasteiger partial charge in [-0.25, -0.2) is 9.78 Å². The monoisotopic (exact) mass is 434 g/mol. The Morgan fingerprint density at radius 1 is 1.00 bits per heavy atom. The molecule has 32 heavy (non-hydrogen) atoms. The molecule has 1 amide bonds. The molecule has 9 heteroatoms. The van der Waals surface area contributed by atoms with Crippen LogP contribution in [0.5, 0.6) is 0 Å². The molecule has 2 N–H and O–H groups in total. The normalized spacial score (nSPS) is 10.4. The quantitative estimate of drug-likeness (QED) is 0.209. The van der Waals surface area contributed by atoms with E-state index in [-0.39, 0.29) is 23.8 Å². The minimum absolute atomic E-state index is 0.122. The van der Waals surface area contributed by atoms with Crippen molar-refractivity contribution in [3.8, 4) is 0 Å². The summed E-state index contributed by atoms with van der Waals surface area (Å²) < 4.78 is 0. The molecule has 0 saturated heterocycles. The van der Waals surface area contributed by atoms with E-state index >= 15 is 0 Å². The lowest BCUT2D eigenvalue weighted by Gasteiger charge is -2.25. The number of amides is 1. The number of rotatable bonds is 10. The predicted molar refractivity (Wildman–Crippen MR) is 119 cm³/mol. The second kappa shape index (κ2) is 10.7. The van der Waals surface area contributed by atoms with E-state index in [1.54, 1.807) is 53.4 Å². The molecule has 0 spiro atoms. The fraction of sp³-hybridized carbons (Fsp3) is 0.174. The Labute approximate surface area is 184 Å². The summed E-state index contributed by atoms with van der Waals surface area (Å²) in [5.41, 5.74) is 1.20. The standard InChI is InChI=1S/C23H22N4O5/c28-21(17-9-2-1-3-10-17)18-11-4-5-12-19(18)26(16-7-6-14-25-23(29)30)22-20(27(31)32)13-8-15-24-22/h1-5,8-13,15,25H,6-7,14,16H2,(H,29,30). The number of carbonyl (C=O) groups is 2. The summed E-state index contributed by atoms with van der Waals surface area (Å²) >= 11 is 0. The van der Waals surface area contributed by atoms with Crippen LogP contribution in [0.3, 0.4) is 0 Å². The topological polar surface area (TPSA) is 126 Å². The molecule has 3 aromatic rings. The van der Waals surface area contributed by atoms with Crippen molar-refractivity contribution in [3.05, 3.63) is 94.2 Å². The fourth-order valence-electron chi connectivity index (χ4n) is 3.32. The largest absolute Gasteiger partial charge is 0.465 e. The molecule has 0 saturated carbocycles. The fourth-order valence-corrected chi connectivity index (χ4v) is 3.32. The van der Waals surface area contributed by atoms with Crippen LogP contribution in [0, 0.1) is 10.1 Å². The lowest BCUT2D eigenvalue weighted by Crippen LogP contribution is -2.25. The van der Waals surface area contributed by atoms with Crippen LogP contribution < -0.4 is 10.2 Å². The van der Waals surface area contributed by atoms with Crippen LogP contribution in [-0.4, -0.2) is 40.0 Å². The van der Waals surface area contributed by atoms with Crippen LogP contribution in [0.25, 0.3) is 0 Å². The van der Waals surface area contributed by atoms with Crippen molar-refractivity contribution < 1.29 is 19.6 Å². The van der Waals surface area contributed by atoms with Crippen molar-refractivity contribution in [2.45, 2.75) is 12.8 Å². The summed E-state index contributed by atoms with van der Waals surface area (Å²) in [6.45, 7) is 0.552.